The Bertz CT molecular complexity index is 446. The molecule has 1 atom stereocenters. The van der Waals surface area contributed by atoms with Crippen LogP contribution in [0, 0.1) is 2.88 Å². The average Bonchev–Trinajstić information content (AvgIpc) is 2.85. The van der Waals surface area contributed by atoms with Crippen molar-refractivity contribution in [3.8, 4) is 0 Å². The summed E-state index contributed by atoms with van der Waals surface area (Å²) in [7, 11) is 0. The Kier molecular flexibility index (Phi) is 4.03. The minimum absolute atomic E-state index is 0.0330. The van der Waals surface area contributed by atoms with Crippen molar-refractivity contribution in [1.82, 2.24) is 10.2 Å². The Labute approximate surface area is 118 Å². The first-order valence-electron chi connectivity index (χ1n) is 5.36. The molecule has 0 bridgehead atoms. The molecule has 2 rings (SSSR count). The molecule has 0 saturated carbocycles. The summed E-state index contributed by atoms with van der Waals surface area (Å²) in [6, 6.07) is 2.01. The zero-order valence-electron chi connectivity index (χ0n) is 9.40. The van der Waals surface area contributed by atoms with Gasteiger partial charge < -0.3 is 10.2 Å². The van der Waals surface area contributed by atoms with Crippen LogP contribution in [0.2, 0.25) is 0 Å². The van der Waals surface area contributed by atoms with Crippen molar-refractivity contribution in [3.63, 3.8) is 0 Å². The number of nitrogens with zero attached hydrogens (tertiary/aromatic N) is 1. The van der Waals surface area contributed by atoms with Crippen LogP contribution in [-0.4, -0.2) is 35.8 Å². The van der Waals surface area contributed by atoms with Crippen molar-refractivity contribution in [2.45, 2.75) is 19.4 Å². The summed E-state index contributed by atoms with van der Waals surface area (Å²) in [6.07, 6.45) is 0.840. The van der Waals surface area contributed by atoms with Gasteiger partial charge in [0.1, 0.15) is 0 Å². The van der Waals surface area contributed by atoms with Crippen molar-refractivity contribution in [2.75, 3.05) is 13.1 Å². The topological polar surface area (TPSA) is 49.4 Å². The molecular formula is C11H13IN2O2S. The molecule has 4 nitrogen and oxygen atoms in total. The maximum atomic E-state index is 12.1. The van der Waals surface area contributed by atoms with Crippen LogP contribution in [0.15, 0.2) is 11.4 Å². The van der Waals surface area contributed by atoms with Crippen molar-refractivity contribution in [3.05, 3.63) is 19.9 Å². The predicted octanol–water partition coefficient (Wildman–Crippen LogP) is 1.70. The van der Waals surface area contributed by atoms with Gasteiger partial charge in [0.2, 0.25) is 5.91 Å². The first-order valence-corrected chi connectivity index (χ1v) is 7.32. The van der Waals surface area contributed by atoms with E-state index in [1.54, 1.807) is 16.2 Å². The van der Waals surface area contributed by atoms with E-state index >= 15 is 0 Å². The second-order valence-electron chi connectivity index (χ2n) is 4.08. The van der Waals surface area contributed by atoms with E-state index in [0.29, 0.717) is 6.54 Å². The third kappa shape index (κ3) is 3.19. The zero-order valence-corrected chi connectivity index (χ0v) is 12.4. The van der Waals surface area contributed by atoms with E-state index in [1.165, 1.54) is 6.92 Å². The number of carbonyl (C=O) groups is 2. The smallest absolute Gasteiger partial charge is 0.254 e. The number of nitrogens with one attached hydrogen (secondary N) is 1. The lowest BCUT2D eigenvalue weighted by atomic mass is 10.2. The Morgan fingerprint density at radius 1 is 1.59 bits per heavy atom. The van der Waals surface area contributed by atoms with Gasteiger partial charge in [-0.1, -0.05) is 0 Å². The molecule has 1 aliphatic heterocycles. The molecule has 1 aliphatic rings. The van der Waals surface area contributed by atoms with Crippen LogP contribution in [0.25, 0.3) is 0 Å². The maximum Gasteiger partial charge on any atom is 0.254 e. The van der Waals surface area contributed by atoms with Crippen LogP contribution in [0.3, 0.4) is 0 Å². The number of likely N-dealkylation sites (tertiary alicyclic amines) is 1. The molecule has 1 saturated heterocycles. The van der Waals surface area contributed by atoms with E-state index in [-0.39, 0.29) is 17.9 Å². The van der Waals surface area contributed by atoms with Crippen LogP contribution in [-0.2, 0) is 4.79 Å². The van der Waals surface area contributed by atoms with Crippen LogP contribution in [0.1, 0.15) is 23.7 Å². The molecule has 1 fully saturated rings. The molecule has 1 N–H and O–H groups in total. The molecule has 6 heteroatoms. The van der Waals surface area contributed by atoms with Gasteiger partial charge in [0.15, 0.2) is 0 Å². The summed E-state index contributed by atoms with van der Waals surface area (Å²) < 4.78 is 1.11. The first kappa shape index (κ1) is 12.8. The summed E-state index contributed by atoms with van der Waals surface area (Å²) in [4.78, 5) is 24.8. The number of rotatable bonds is 2. The van der Waals surface area contributed by atoms with Crippen molar-refractivity contribution < 1.29 is 9.59 Å². The summed E-state index contributed by atoms with van der Waals surface area (Å²) in [5.41, 5.74) is 0.753. The van der Waals surface area contributed by atoms with Crippen LogP contribution >= 0.6 is 33.9 Å². The van der Waals surface area contributed by atoms with Crippen LogP contribution < -0.4 is 5.32 Å². The molecule has 0 aromatic carbocycles. The van der Waals surface area contributed by atoms with Gasteiger partial charge in [0.05, 0.1) is 8.45 Å². The van der Waals surface area contributed by atoms with E-state index in [9.17, 15) is 9.59 Å². The molecule has 0 spiro atoms. The van der Waals surface area contributed by atoms with Gasteiger partial charge in [-0.3, -0.25) is 9.59 Å². The number of carbonyl (C=O) groups excluding carboxylic acids is 2. The van der Waals surface area contributed by atoms with E-state index in [2.05, 4.69) is 27.9 Å². The molecule has 2 heterocycles. The Morgan fingerprint density at radius 2 is 2.35 bits per heavy atom. The largest absolute Gasteiger partial charge is 0.352 e. The number of halogens is 1. The maximum absolute atomic E-state index is 12.1. The molecule has 17 heavy (non-hydrogen) atoms. The summed E-state index contributed by atoms with van der Waals surface area (Å²) in [5.74, 6) is 0.0337. The molecule has 0 radical (unpaired) electrons. The minimum Gasteiger partial charge on any atom is -0.352 e. The van der Waals surface area contributed by atoms with E-state index in [4.69, 9.17) is 0 Å². The molecule has 2 amide bonds. The Balaban J connectivity index is 1.96. The molecule has 92 valence electrons. The highest BCUT2D eigenvalue weighted by Crippen LogP contribution is 2.20. The lowest BCUT2D eigenvalue weighted by Crippen LogP contribution is -2.37. The van der Waals surface area contributed by atoms with E-state index in [0.717, 1.165) is 21.4 Å². The van der Waals surface area contributed by atoms with Gasteiger partial charge in [0.25, 0.3) is 5.91 Å². The van der Waals surface area contributed by atoms with Crippen LogP contribution in [0.5, 0.6) is 0 Å². The number of hydrogen-bond acceptors (Lipinski definition) is 3. The van der Waals surface area contributed by atoms with Gasteiger partial charge in [-0.25, -0.2) is 0 Å². The monoisotopic (exact) mass is 364 g/mol. The molecular weight excluding hydrogens is 351 g/mol. The zero-order chi connectivity index (χ0) is 12.4. The summed E-state index contributed by atoms with van der Waals surface area (Å²) in [6.45, 7) is 2.84. The standard InChI is InChI=1S/C11H13IN2O2S/c1-7(15)13-9-2-3-14(5-9)11(16)8-4-10(12)17-6-8/h4,6,9H,2-3,5H2,1H3,(H,13,15). The quantitative estimate of drug-likeness (QED) is 0.813. The third-order valence-electron chi connectivity index (χ3n) is 2.70. The number of amides is 2. The fourth-order valence-corrected chi connectivity index (χ4v) is 3.28. The van der Waals surface area contributed by atoms with E-state index in [1.807, 2.05) is 11.4 Å². The van der Waals surface area contributed by atoms with Gasteiger partial charge >= 0.3 is 0 Å². The highest BCUT2D eigenvalue weighted by molar-refractivity contribution is 14.1. The van der Waals surface area contributed by atoms with Crippen molar-refractivity contribution in [2.24, 2.45) is 0 Å². The highest BCUT2D eigenvalue weighted by atomic mass is 127. The molecule has 0 aliphatic carbocycles. The predicted molar refractivity (Wildman–Crippen MR) is 75.2 cm³/mol. The third-order valence-corrected chi connectivity index (χ3v) is 4.49. The number of thiophene rings is 1. The van der Waals surface area contributed by atoms with Gasteiger partial charge in [-0.2, -0.15) is 0 Å². The fourth-order valence-electron chi connectivity index (χ4n) is 1.95. The van der Waals surface area contributed by atoms with E-state index < -0.39 is 0 Å². The molecule has 1 aromatic rings. The molecule has 1 unspecified atom stereocenters. The Morgan fingerprint density at radius 3 is 2.94 bits per heavy atom. The minimum atomic E-state index is -0.0330. The second-order valence-corrected chi connectivity index (χ2v) is 6.88. The SMILES string of the molecule is CC(=O)NC1CCN(C(=O)c2csc(I)c2)C1. The van der Waals surface area contributed by atoms with Gasteiger partial charge in [-0.05, 0) is 35.1 Å². The average molecular weight is 364 g/mol. The second kappa shape index (κ2) is 5.34. The Hall–Kier alpha value is -0.630. The lowest BCUT2D eigenvalue weighted by Gasteiger charge is -2.15. The van der Waals surface area contributed by atoms with Crippen molar-refractivity contribution in [1.29, 1.82) is 0 Å². The number of hydrogen-bond donors (Lipinski definition) is 1. The lowest BCUT2D eigenvalue weighted by molar-refractivity contribution is -0.119. The fraction of sp³-hybridized carbons (Fsp3) is 0.455. The molecule has 1 aromatic heterocycles. The summed E-state index contributed by atoms with van der Waals surface area (Å²) in [5, 5.41) is 4.74. The van der Waals surface area contributed by atoms with Crippen LogP contribution in [0.4, 0.5) is 0 Å². The van der Waals surface area contributed by atoms with Gasteiger partial charge in [-0.15, -0.1) is 11.3 Å². The first-order chi connectivity index (χ1) is 8.06. The summed E-state index contributed by atoms with van der Waals surface area (Å²) >= 11 is 3.78. The van der Waals surface area contributed by atoms with Gasteiger partial charge in [0, 0.05) is 31.4 Å². The van der Waals surface area contributed by atoms with Crippen molar-refractivity contribution >= 4 is 45.7 Å². The highest BCUT2D eigenvalue weighted by Gasteiger charge is 2.27. The normalized spacial score (nSPS) is 19.4.